The molecule has 0 saturated carbocycles. The summed E-state index contributed by atoms with van der Waals surface area (Å²) < 4.78 is 5.41. The number of phenols is 1. The summed E-state index contributed by atoms with van der Waals surface area (Å²) in [6.07, 6.45) is 4.56. The molecule has 126 valence electrons. The molecule has 0 radical (unpaired) electrons. The van der Waals surface area contributed by atoms with Gasteiger partial charge in [-0.15, -0.1) is 0 Å². The molecule has 1 aliphatic carbocycles. The minimum Gasteiger partial charge on any atom is -0.504 e. The summed E-state index contributed by atoms with van der Waals surface area (Å²) in [4.78, 5) is 2.51. The van der Waals surface area contributed by atoms with Crippen LogP contribution in [0.2, 0.25) is 0 Å². The van der Waals surface area contributed by atoms with Gasteiger partial charge in [0.1, 0.15) is 0 Å². The van der Waals surface area contributed by atoms with E-state index in [2.05, 4.69) is 42.3 Å². The van der Waals surface area contributed by atoms with Gasteiger partial charge in [0.25, 0.3) is 0 Å². The first-order valence-corrected chi connectivity index (χ1v) is 8.87. The second kappa shape index (κ2) is 6.14. The van der Waals surface area contributed by atoms with Crippen LogP contribution >= 0.6 is 0 Å². The number of hydrogen-bond donors (Lipinski definition) is 1. The van der Waals surface area contributed by atoms with E-state index in [-0.39, 0.29) is 5.75 Å². The van der Waals surface area contributed by atoms with E-state index in [1.807, 2.05) is 6.07 Å². The molecular formula is C21H25NO2. The van der Waals surface area contributed by atoms with E-state index in [9.17, 15) is 5.11 Å². The summed E-state index contributed by atoms with van der Waals surface area (Å²) in [5.41, 5.74) is 5.50. The lowest BCUT2D eigenvalue weighted by molar-refractivity contribution is 0.222. The van der Waals surface area contributed by atoms with Crippen molar-refractivity contribution in [1.82, 2.24) is 4.90 Å². The number of aryl methyl sites for hydroxylation is 1. The number of nitrogens with zero attached hydrogens (tertiary/aromatic N) is 1. The van der Waals surface area contributed by atoms with Crippen molar-refractivity contribution in [3.05, 3.63) is 58.7 Å². The van der Waals surface area contributed by atoms with Crippen LogP contribution in [0.15, 0.2) is 36.4 Å². The third-order valence-electron chi connectivity index (χ3n) is 5.80. The van der Waals surface area contributed by atoms with Crippen molar-refractivity contribution in [2.45, 2.75) is 37.6 Å². The normalized spacial score (nSPS) is 23.4. The van der Waals surface area contributed by atoms with Crippen molar-refractivity contribution >= 4 is 0 Å². The van der Waals surface area contributed by atoms with Gasteiger partial charge in [0, 0.05) is 18.5 Å². The number of benzene rings is 2. The summed E-state index contributed by atoms with van der Waals surface area (Å²) in [5.74, 6) is 1.18. The van der Waals surface area contributed by atoms with E-state index in [1.165, 1.54) is 35.1 Å². The van der Waals surface area contributed by atoms with Crippen LogP contribution in [0.1, 0.15) is 41.0 Å². The van der Waals surface area contributed by atoms with Gasteiger partial charge in [-0.05, 0) is 67.1 Å². The first-order valence-electron chi connectivity index (χ1n) is 8.87. The molecule has 4 rings (SSSR count). The smallest absolute Gasteiger partial charge is 0.160 e. The molecule has 0 fully saturated rings. The number of fused-ring (bicyclic) bond motifs is 5. The van der Waals surface area contributed by atoms with E-state index >= 15 is 0 Å². The highest BCUT2D eigenvalue weighted by molar-refractivity contribution is 5.52. The Hall–Kier alpha value is -2.00. The molecule has 2 unspecified atom stereocenters. The summed E-state index contributed by atoms with van der Waals surface area (Å²) in [7, 11) is 3.87. The van der Waals surface area contributed by atoms with Crippen molar-refractivity contribution in [3.8, 4) is 11.5 Å². The number of ether oxygens (including phenoxy) is 1. The Morgan fingerprint density at radius 1 is 1.08 bits per heavy atom. The van der Waals surface area contributed by atoms with Crippen LogP contribution in [0.25, 0.3) is 0 Å². The molecule has 1 heterocycles. The lowest BCUT2D eigenvalue weighted by Crippen LogP contribution is -2.36. The van der Waals surface area contributed by atoms with E-state index in [1.54, 1.807) is 7.11 Å². The molecule has 2 aromatic rings. The Kier molecular flexibility index (Phi) is 3.97. The van der Waals surface area contributed by atoms with E-state index in [0.717, 1.165) is 19.4 Å². The van der Waals surface area contributed by atoms with Crippen molar-refractivity contribution in [3.63, 3.8) is 0 Å². The van der Waals surface area contributed by atoms with Crippen LogP contribution in [0, 0.1) is 0 Å². The second-order valence-electron chi connectivity index (χ2n) is 7.09. The van der Waals surface area contributed by atoms with E-state index in [0.29, 0.717) is 17.7 Å². The van der Waals surface area contributed by atoms with Gasteiger partial charge in [-0.3, -0.25) is 0 Å². The van der Waals surface area contributed by atoms with Crippen LogP contribution in [0.5, 0.6) is 11.5 Å². The topological polar surface area (TPSA) is 32.7 Å². The molecule has 0 saturated heterocycles. The van der Waals surface area contributed by atoms with Gasteiger partial charge in [-0.1, -0.05) is 24.3 Å². The number of phenolic OH excluding ortho intramolecular Hbond substituents is 1. The summed E-state index contributed by atoms with van der Waals surface area (Å²) in [6.45, 7) is 1.03. The third-order valence-corrected chi connectivity index (χ3v) is 5.80. The maximum atomic E-state index is 10.2. The van der Waals surface area contributed by atoms with Gasteiger partial charge in [0.05, 0.1) is 7.11 Å². The van der Waals surface area contributed by atoms with Gasteiger partial charge in [-0.25, -0.2) is 0 Å². The predicted molar refractivity (Wildman–Crippen MR) is 96.0 cm³/mol. The van der Waals surface area contributed by atoms with Gasteiger partial charge in [0.15, 0.2) is 11.5 Å². The molecule has 1 aliphatic heterocycles. The lowest BCUT2D eigenvalue weighted by Gasteiger charge is -2.32. The minimum atomic E-state index is 0.249. The molecule has 1 N–H and O–H groups in total. The first kappa shape index (κ1) is 15.5. The number of aromatic hydroxyl groups is 1. The molecule has 2 aromatic carbocycles. The molecule has 2 aliphatic rings. The van der Waals surface area contributed by atoms with Gasteiger partial charge < -0.3 is 14.7 Å². The van der Waals surface area contributed by atoms with Crippen LogP contribution in [-0.4, -0.2) is 36.8 Å². The average Bonchev–Trinajstić information content (AvgIpc) is 2.86. The molecule has 24 heavy (non-hydrogen) atoms. The molecule has 3 nitrogen and oxygen atoms in total. The SMILES string of the molecule is COc1cc2c(cc1O)CCN(C)C1CCCc3ccccc3C21. The maximum absolute atomic E-state index is 10.2. The number of methoxy groups -OCH3 is 1. The first-order chi connectivity index (χ1) is 11.7. The molecule has 0 amide bonds. The fourth-order valence-corrected chi connectivity index (χ4v) is 4.55. The number of hydrogen-bond acceptors (Lipinski definition) is 3. The van der Waals surface area contributed by atoms with Gasteiger partial charge >= 0.3 is 0 Å². The molecule has 2 atom stereocenters. The zero-order chi connectivity index (χ0) is 16.7. The van der Waals surface area contributed by atoms with E-state index < -0.39 is 0 Å². The van der Waals surface area contributed by atoms with Crippen molar-refractivity contribution in [2.24, 2.45) is 0 Å². The monoisotopic (exact) mass is 323 g/mol. The average molecular weight is 323 g/mol. The van der Waals surface area contributed by atoms with Crippen molar-refractivity contribution in [1.29, 1.82) is 0 Å². The second-order valence-corrected chi connectivity index (χ2v) is 7.09. The van der Waals surface area contributed by atoms with Crippen LogP contribution in [0.4, 0.5) is 0 Å². The largest absolute Gasteiger partial charge is 0.504 e. The molecule has 3 heteroatoms. The summed E-state index contributed by atoms with van der Waals surface area (Å²) in [6, 6.07) is 13.4. The van der Waals surface area contributed by atoms with Crippen LogP contribution in [-0.2, 0) is 12.8 Å². The van der Waals surface area contributed by atoms with Crippen LogP contribution < -0.4 is 4.74 Å². The van der Waals surface area contributed by atoms with Crippen molar-refractivity contribution in [2.75, 3.05) is 20.7 Å². The standard InChI is InChI=1S/C21H25NO2/c1-22-11-10-15-12-19(23)20(24-2)13-17(15)21-16-8-4-3-6-14(16)7-5-9-18(21)22/h3-4,6,8,12-13,18,21,23H,5,7,9-11H2,1-2H3. The zero-order valence-corrected chi connectivity index (χ0v) is 14.5. The molecular weight excluding hydrogens is 298 g/mol. The minimum absolute atomic E-state index is 0.249. The van der Waals surface area contributed by atoms with Crippen molar-refractivity contribution < 1.29 is 9.84 Å². The molecule has 0 aromatic heterocycles. The van der Waals surface area contributed by atoms with Gasteiger partial charge in [0.2, 0.25) is 0 Å². The lowest BCUT2D eigenvalue weighted by atomic mass is 9.81. The van der Waals surface area contributed by atoms with Gasteiger partial charge in [-0.2, -0.15) is 0 Å². The Labute approximate surface area is 143 Å². The molecule has 0 spiro atoms. The zero-order valence-electron chi connectivity index (χ0n) is 14.5. The summed E-state index contributed by atoms with van der Waals surface area (Å²) in [5, 5.41) is 10.2. The molecule has 0 bridgehead atoms. The number of likely N-dealkylation sites (N-methyl/N-ethyl adjacent to an activating group) is 1. The Morgan fingerprint density at radius 2 is 1.92 bits per heavy atom. The fraction of sp³-hybridized carbons (Fsp3) is 0.429. The fourth-order valence-electron chi connectivity index (χ4n) is 4.55. The highest BCUT2D eigenvalue weighted by Crippen LogP contribution is 2.44. The van der Waals surface area contributed by atoms with E-state index in [4.69, 9.17) is 4.74 Å². The Morgan fingerprint density at radius 3 is 2.75 bits per heavy atom. The number of rotatable bonds is 1. The maximum Gasteiger partial charge on any atom is 0.160 e. The quantitative estimate of drug-likeness (QED) is 0.868. The summed E-state index contributed by atoms with van der Waals surface area (Å²) >= 11 is 0. The van der Waals surface area contributed by atoms with Crippen LogP contribution in [0.3, 0.4) is 0 Å². The Balaban J connectivity index is 1.95. The predicted octanol–water partition coefficient (Wildman–Crippen LogP) is 3.73. The highest BCUT2D eigenvalue weighted by atomic mass is 16.5. The Bertz CT molecular complexity index is 755. The third kappa shape index (κ3) is 2.48. The highest BCUT2D eigenvalue weighted by Gasteiger charge is 2.35.